The lowest BCUT2D eigenvalue weighted by atomic mass is 9.93. The molecule has 0 aliphatic carbocycles. The SMILES string of the molecule is C=C[C@@H]1CC[C@@H](C=C)[C@@H](C)O1. The predicted octanol–water partition coefficient (Wildman–Crippen LogP) is 2.54. The van der Waals surface area contributed by atoms with Gasteiger partial charge in [-0.1, -0.05) is 12.2 Å². The van der Waals surface area contributed by atoms with Gasteiger partial charge in [0.25, 0.3) is 0 Å². The summed E-state index contributed by atoms with van der Waals surface area (Å²) in [4.78, 5) is 0. The lowest BCUT2D eigenvalue weighted by Gasteiger charge is -2.31. The molecule has 1 nitrogen and oxygen atoms in total. The molecule has 0 unspecified atom stereocenters. The van der Waals surface area contributed by atoms with Gasteiger partial charge in [0.1, 0.15) is 0 Å². The van der Waals surface area contributed by atoms with Crippen molar-refractivity contribution in [3.05, 3.63) is 25.3 Å². The Balaban J connectivity index is 2.46. The molecule has 62 valence electrons. The second-order valence-corrected chi connectivity index (χ2v) is 3.09. The minimum absolute atomic E-state index is 0.265. The standard InChI is InChI=1S/C10H16O/c1-4-9-6-7-10(5-2)11-8(9)3/h4-5,8-10H,1-2,6-7H2,3H3/t8-,9-,10-/m1/s1. The van der Waals surface area contributed by atoms with Gasteiger partial charge < -0.3 is 4.74 Å². The molecule has 0 aromatic rings. The second-order valence-electron chi connectivity index (χ2n) is 3.09. The van der Waals surface area contributed by atoms with E-state index in [-0.39, 0.29) is 6.10 Å². The van der Waals surface area contributed by atoms with Gasteiger partial charge in [-0.05, 0) is 19.8 Å². The lowest BCUT2D eigenvalue weighted by Crippen LogP contribution is -2.30. The highest BCUT2D eigenvalue weighted by atomic mass is 16.5. The van der Waals surface area contributed by atoms with Crippen LogP contribution in [0.25, 0.3) is 0 Å². The van der Waals surface area contributed by atoms with E-state index in [2.05, 4.69) is 20.1 Å². The Morgan fingerprint density at radius 3 is 2.45 bits per heavy atom. The molecule has 1 saturated heterocycles. The Morgan fingerprint density at radius 2 is 2.00 bits per heavy atom. The third kappa shape index (κ3) is 1.93. The molecule has 0 amide bonds. The average molecular weight is 152 g/mol. The van der Waals surface area contributed by atoms with Gasteiger partial charge in [-0.25, -0.2) is 0 Å². The van der Waals surface area contributed by atoms with Crippen LogP contribution in [0.4, 0.5) is 0 Å². The summed E-state index contributed by atoms with van der Waals surface area (Å²) in [5.74, 6) is 0.534. The maximum atomic E-state index is 5.65. The van der Waals surface area contributed by atoms with Crippen LogP contribution in [-0.4, -0.2) is 12.2 Å². The lowest BCUT2D eigenvalue weighted by molar-refractivity contribution is -0.0375. The largest absolute Gasteiger partial charge is 0.371 e. The summed E-state index contributed by atoms with van der Waals surface area (Å²) in [6.07, 6.45) is 6.72. The van der Waals surface area contributed by atoms with Crippen molar-refractivity contribution in [3.8, 4) is 0 Å². The van der Waals surface area contributed by atoms with Crippen LogP contribution in [0.2, 0.25) is 0 Å². The highest BCUT2D eigenvalue weighted by molar-refractivity contribution is 4.92. The summed E-state index contributed by atoms with van der Waals surface area (Å²) < 4.78 is 5.65. The Kier molecular flexibility index (Phi) is 2.89. The first kappa shape index (κ1) is 8.54. The van der Waals surface area contributed by atoms with Crippen molar-refractivity contribution in [2.45, 2.75) is 32.0 Å². The minimum Gasteiger partial charge on any atom is -0.371 e. The molecule has 1 heterocycles. The minimum atomic E-state index is 0.265. The third-order valence-electron chi connectivity index (χ3n) is 2.34. The summed E-state index contributed by atoms with van der Waals surface area (Å²) in [5, 5.41) is 0. The first-order chi connectivity index (χ1) is 5.27. The molecule has 0 spiro atoms. The number of hydrogen-bond acceptors (Lipinski definition) is 1. The van der Waals surface area contributed by atoms with Gasteiger partial charge in [-0.3, -0.25) is 0 Å². The maximum absolute atomic E-state index is 5.65. The van der Waals surface area contributed by atoms with Gasteiger partial charge in [0.2, 0.25) is 0 Å². The molecule has 1 fully saturated rings. The average Bonchev–Trinajstić information content (AvgIpc) is 2.04. The Hall–Kier alpha value is -0.560. The molecule has 1 heteroatoms. The van der Waals surface area contributed by atoms with E-state index in [1.165, 1.54) is 6.42 Å². The summed E-state index contributed by atoms with van der Waals surface area (Å²) in [6, 6.07) is 0. The quantitative estimate of drug-likeness (QED) is 0.552. The zero-order valence-electron chi connectivity index (χ0n) is 7.12. The fourth-order valence-electron chi connectivity index (χ4n) is 1.52. The van der Waals surface area contributed by atoms with Crippen LogP contribution in [0.1, 0.15) is 19.8 Å². The molecule has 1 rings (SSSR count). The highest BCUT2D eigenvalue weighted by Gasteiger charge is 2.23. The van der Waals surface area contributed by atoms with Crippen LogP contribution in [-0.2, 0) is 4.74 Å². The molecule has 0 bridgehead atoms. The van der Waals surface area contributed by atoms with Crippen molar-refractivity contribution in [2.75, 3.05) is 0 Å². The van der Waals surface area contributed by atoms with Gasteiger partial charge in [0.15, 0.2) is 0 Å². The molecule has 0 aromatic carbocycles. The Morgan fingerprint density at radius 1 is 1.27 bits per heavy atom. The molecule has 1 aliphatic heterocycles. The predicted molar refractivity (Wildman–Crippen MR) is 47.5 cm³/mol. The second kappa shape index (κ2) is 3.72. The first-order valence-electron chi connectivity index (χ1n) is 4.18. The first-order valence-corrected chi connectivity index (χ1v) is 4.18. The Bertz CT molecular complexity index is 151. The molecule has 11 heavy (non-hydrogen) atoms. The number of hydrogen-bond donors (Lipinski definition) is 0. The van der Waals surface area contributed by atoms with Crippen molar-refractivity contribution in [1.82, 2.24) is 0 Å². The smallest absolute Gasteiger partial charge is 0.0757 e. The van der Waals surface area contributed by atoms with Crippen LogP contribution < -0.4 is 0 Å². The van der Waals surface area contributed by atoms with Crippen LogP contribution in [0.3, 0.4) is 0 Å². The van der Waals surface area contributed by atoms with Crippen LogP contribution in [0, 0.1) is 5.92 Å². The number of ether oxygens (including phenoxy) is 1. The van der Waals surface area contributed by atoms with Crippen LogP contribution in [0.15, 0.2) is 25.3 Å². The topological polar surface area (TPSA) is 9.23 Å². The van der Waals surface area contributed by atoms with Gasteiger partial charge >= 0.3 is 0 Å². The zero-order valence-corrected chi connectivity index (χ0v) is 7.12. The summed E-state index contributed by atoms with van der Waals surface area (Å²) in [6.45, 7) is 9.60. The van der Waals surface area contributed by atoms with Gasteiger partial charge in [0, 0.05) is 5.92 Å². The fourth-order valence-corrected chi connectivity index (χ4v) is 1.52. The molecular formula is C10H16O. The monoisotopic (exact) mass is 152 g/mol. The van der Waals surface area contributed by atoms with Crippen molar-refractivity contribution in [3.63, 3.8) is 0 Å². The van der Waals surface area contributed by atoms with Crippen molar-refractivity contribution < 1.29 is 4.74 Å². The summed E-state index contributed by atoms with van der Waals surface area (Å²) >= 11 is 0. The molecule has 3 atom stereocenters. The maximum Gasteiger partial charge on any atom is 0.0757 e. The van der Waals surface area contributed by atoms with Crippen LogP contribution in [0.5, 0.6) is 0 Å². The number of rotatable bonds is 2. The van der Waals surface area contributed by atoms with E-state index in [1.54, 1.807) is 0 Å². The van der Waals surface area contributed by atoms with E-state index in [4.69, 9.17) is 4.74 Å². The fraction of sp³-hybridized carbons (Fsp3) is 0.600. The van der Waals surface area contributed by atoms with Crippen molar-refractivity contribution in [1.29, 1.82) is 0 Å². The summed E-state index contributed by atoms with van der Waals surface area (Å²) in [7, 11) is 0. The van der Waals surface area contributed by atoms with Gasteiger partial charge in [-0.15, -0.1) is 13.2 Å². The highest BCUT2D eigenvalue weighted by Crippen LogP contribution is 2.25. The van der Waals surface area contributed by atoms with E-state index >= 15 is 0 Å². The molecule has 1 aliphatic rings. The third-order valence-corrected chi connectivity index (χ3v) is 2.34. The van der Waals surface area contributed by atoms with E-state index in [1.807, 2.05) is 12.2 Å². The summed E-state index contributed by atoms with van der Waals surface area (Å²) in [5.41, 5.74) is 0. The zero-order chi connectivity index (χ0) is 8.27. The van der Waals surface area contributed by atoms with E-state index < -0.39 is 0 Å². The molecule has 0 aromatic heterocycles. The van der Waals surface area contributed by atoms with E-state index in [0.29, 0.717) is 12.0 Å². The molecule has 0 N–H and O–H groups in total. The van der Waals surface area contributed by atoms with Crippen molar-refractivity contribution >= 4 is 0 Å². The van der Waals surface area contributed by atoms with Gasteiger partial charge in [0.05, 0.1) is 12.2 Å². The molecular weight excluding hydrogens is 136 g/mol. The van der Waals surface area contributed by atoms with E-state index in [0.717, 1.165) is 6.42 Å². The molecule has 0 saturated carbocycles. The Labute approximate surface area is 68.8 Å². The normalized spacial score (nSPS) is 38.1. The van der Waals surface area contributed by atoms with Crippen LogP contribution >= 0.6 is 0 Å². The van der Waals surface area contributed by atoms with Crippen molar-refractivity contribution in [2.24, 2.45) is 5.92 Å². The van der Waals surface area contributed by atoms with Gasteiger partial charge in [-0.2, -0.15) is 0 Å². The van der Waals surface area contributed by atoms with E-state index in [9.17, 15) is 0 Å². The molecule has 0 radical (unpaired) electrons.